The third-order valence-corrected chi connectivity index (χ3v) is 3.49. The lowest BCUT2D eigenvalue weighted by Gasteiger charge is -2.35. The van der Waals surface area contributed by atoms with Gasteiger partial charge in [0, 0.05) is 19.7 Å². The van der Waals surface area contributed by atoms with Gasteiger partial charge in [0.2, 0.25) is 0 Å². The standard InChI is InChI=1S/C11H21NO2/c1-9-4-5-12(8-11(9)13)7-10-3-2-6-14-10/h9-11,13H,2-8H2,1H3. The second-order valence-electron chi connectivity index (χ2n) is 4.73. The van der Waals surface area contributed by atoms with Crippen LogP contribution in [-0.2, 0) is 4.74 Å². The summed E-state index contributed by atoms with van der Waals surface area (Å²) >= 11 is 0. The van der Waals surface area contributed by atoms with E-state index < -0.39 is 0 Å². The molecule has 2 saturated heterocycles. The van der Waals surface area contributed by atoms with Crippen LogP contribution in [-0.4, -0.2) is 48.5 Å². The van der Waals surface area contributed by atoms with Gasteiger partial charge in [0.15, 0.2) is 0 Å². The van der Waals surface area contributed by atoms with Gasteiger partial charge in [0.25, 0.3) is 0 Å². The van der Waals surface area contributed by atoms with Gasteiger partial charge in [-0.3, -0.25) is 4.90 Å². The molecular formula is C11H21NO2. The van der Waals surface area contributed by atoms with Crippen molar-refractivity contribution in [3.63, 3.8) is 0 Å². The molecule has 2 heterocycles. The summed E-state index contributed by atoms with van der Waals surface area (Å²) in [6.07, 6.45) is 3.81. The van der Waals surface area contributed by atoms with Crippen LogP contribution in [0.1, 0.15) is 26.2 Å². The Kier molecular flexibility index (Phi) is 3.42. The largest absolute Gasteiger partial charge is 0.392 e. The van der Waals surface area contributed by atoms with Gasteiger partial charge in [0.05, 0.1) is 12.2 Å². The second kappa shape index (κ2) is 4.60. The molecule has 0 aromatic heterocycles. The molecule has 0 aliphatic carbocycles. The van der Waals surface area contributed by atoms with Gasteiger partial charge in [-0.15, -0.1) is 0 Å². The molecule has 0 amide bonds. The smallest absolute Gasteiger partial charge is 0.0702 e. The molecule has 2 fully saturated rings. The van der Waals surface area contributed by atoms with E-state index in [0.717, 1.165) is 32.7 Å². The van der Waals surface area contributed by atoms with Crippen molar-refractivity contribution in [2.24, 2.45) is 5.92 Å². The topological polar surface area (TPSA) is 32.7 Å². The minimum Gasteiger partial charge on any atom is -0.392 e. The average Bonchev–Trinajstić information content (AvgIpc) is 2.64. The first kappa shape index (κ1) is 10.4. The number of piperidine rings is 1. The first-order valence-electron chi connectivity index (χ1n) is 5.77. The molecule has 0 radical (unpaired) electrons. The first-order chi connectivity index (χ1) is 6.75. The molecule has 3 heteroatoms. The van der Waals surface area contributed by atoms with Crippen LogP contribution in [0.4, 0.5) is 0 Å². The number of aliphatic hydroxyl groups is 1. The summed E-state index contributed by atoms with van der Waals surface area (Å²) in [4.78, 5) is 2.35. The molecular weight excluding hydrogens is 178 g/mol. The minimum absolute atomic E-state index is 0.134. The van der Waals surface area contributed by atoms with Crippen molar-refractivity contribution < 1.29 is 9.84 Å². The van der Waals surface area contributed by atoms with Gasteiger partial charge >= 0.3 is 0 Å². The van der Waals surface area contributed by atoms with Crippen LogP contribution in [0, 0.1) is 5.92 Å². The molecule has 3 nitrogen and oxygen atoms in total. The van der Waals surface area contributed by atoms with Crippen molar-refractivity contribution >= 4 is 0 Å². The number of hydrogen-bond donors (Lipinski definition) is 1. The molecule has 14 heavy (non-hydrogen) atoms. The summed E-state index contributed by atoms with van der Waals surface area (Å²) in [6.45, 7) is 6.04. The Hall–Kier alpha value is -0.120. The van der Waals surface area contributed by atoms with E-state index in [4.69, 9.17) is 4.74 Å². The molecule has 0 aromatic carbocycles. The van der Waals surface area contributed by atoms with Gasteiger partial charge in [-0.2, -0.15) is 0 Å². The van der Waals surface area contributed by atoms with Crippen molar-refractivity contribution in [2.75, 3.05) is 26.2 Å². The summed E-state index contributed by atoms with van der Waals surface area (Å²) in [7, 11) is 0. The van der Waals surface area contributed by atoms with Gasteiger partial charge in [0.1, 0.15) is 0 Å². The van der Waals surface area contributed by atoms with E-state index in [1.807, 2.05) is 0 Å². The second-order valence-corrected chi connectivity index (χ2v) is 4.73. The van der Waals surface area contributed by atoms with Gasteiger partial charge in [-0.25, -0.2) is 0 Å². The maximum Gasteiger partial charge on any atom is 0.0702 e. The fraction of sp³-hybridized carbons (Fsp3) is 1.00. The number of hydrogen-bond acceptors (Lipinski definition) is 3. The molecule has 1 N–H and O–H groups in total. The Morgan fingerprint density at radius 3 is 2.93 bits per heavy atom. The number of aliphatic hydroxyl groups excluding tert-OH is 1. The lowest BCUT2D eigenvalue weighted by molar-refractivity contribution is 0.00251. The molecule has 82 valence electrons. The number of β-amino-alcohol motifs (C(OH)–C–C–N with tert-alkyl or cyclic N) is 1. The van der Waals surface area contributed by atoms with Crippen LogP contribution >= 0.6 is 0 Å². The normalized spacial score (nSPS) is 40.3. The maximum absolute atomic E-state index is 9.74. The Bertz CT molecular complexity index is 180. The van der Waals surface area contributed by atoms with Crippen LogP contribution in [0.3, 0.4) is 0 Å². The van der Waals surface area contributed by atoms with Crippen LogP contribution < -0.4 is 0 Å². The first-order valence-corrected chi connectivity index (χ1v) is 5.77. The van der Waals surface area contributed by atoms with Crippen LogP contribution in [0.15, 0.2) is 0 Å². The van der Waals surface area contributed by atoms with E-state index in [1.165, 1.54) is 12.8 Å². The highest BCUT2D eigenvalue weighted by molar-refractivity contribution is 4.80. The molecule has 2 rings (SSSR count). The van der Waals surface area contributed by atoms with E-state index >= 15 is 0 Å². The summed E-state index contributed by atoms with van der Waals surface area (Å²) in [6, 6.07) is 0. The predicted molar refractivity (Wildman–Crippen MR) is 55.2 cm³/mol. The highest BCUT2D eigenvalue weighted by atomic mass is 16.5. The number of ether oxygens (including phenoxy) is 1. The van der Waals surface area contributed by atoms with Gasteiger partial charge in [-0.05, 0) is 31.7 Å². The maximum atomic E-state index is 9.74. The Balaban J connectivity index is 1.75. The average molecular weight is 199 g/mol. The number of likely N-dealkylation sites (tertiary alicyclic amines) is 1. The van der Waals surface area contributed by atoms with E-state index in [1.54, 1.807) is 0 Å². The molecule has 0 aromatic rings. The molecule has 0 saturated carbocycles. The molecule has 3 unspecified atom stereocenters. The van der Waals surface area contributed by atoms with Crippen molar-refractivity contribution in [1.82, 2.24) is 4.90 Å². The van der Waals surface area contributed by atoms with Crippen molar-refractivity contribution in [1.29, 1.82) is 0 Å². The Morgan fingerprint density at radius 1 is 1.43 bits per heavy atom. The third kappa shape index (κ3) is 2.47. The summed E-state index contributed by atoms with van der Waals surface area (Å²) < 4.78 is 5.59. The summed E-state index contributed by atoms with van der Waals surface area (Å²) in [5.41, 5.74) is 0. The minimum atomic E-state index is -0.134. The molecule has 3 atom stereocenters. The predicted octanol–water partition coefficient (Wildman–Crippen LogP) is 0.868. The molecule has 2 aliphatic heterocycles. The Labute approximate surface area is 86.0 Å². The van der Waals surface area contributed by atoms with E-state index in [0.29, 0.717) is 12.0 Å². The van der Waals surface area contributed by atoms with Crippen LogP contribution in [0.2, 0.25) is 0 Å². The van der Waals surface area contributed by atoms with Crippen LogP contribution in [0.5, 0.6) is 0 Å². The van der Waals surface area contributed by atoms with Crippen molar-refractivity contribution in [2.45, 2.75) is 38.4 Å². The van der Waals surface area contributed by atoms with Crippen molar-refractivity contribution in [3.8, 4) is 0 Å². The lowest BCUT2D eigenvalue weighted by Crippen LogP contribution is -2.45. The fourth-order valence-corrected chi connectivity index (χ4v) is 2.36. The Morgan fingerprint density at radius 2 is 2.29 bits per heavy atom. The van der Waals surface area contributed by atoms with E-state index in [-0.39, 0.29) is 6.10 Å². The lowest BCUT2D eigenvalue weighted by atomic mass is 9.96. The third-order valence-electron chi connectivity index (χ3n) is 3.49. The zero-order valence-corrected chi connectivity index (χ0v) is 8.98. The van der Waals surface area contributed by atoms with Crippen LogP contribution in [0.25, 0.3) is 0 Å². The molecule has 0 spiro atoms. The highest BCUT2D eigenvalue weighted by Gasteiger charge is 2.27. The molecule has 2 aliphatic rings. The van der Waals surface area contributed by atoms with Gasteiger partial charge in [-0.1, -0.05) is 6.92 Å². The zero-order chi connectivity index (χ0) is 9.97. The van der Waals surface area contributed by atoms with Gasteiger partial charge < -0.3 is 9.84 Å². The SMILES string of the molecule is CC1CCN(CC2CCCO2)CC1O. The summed E-state index contributed by atoms with van der Waals surface area (Å²) in [5, 5.41) is 9.74. The fourth-order valence-electron chi connectivity index (χ4n) is 2.36. The van der Waals surface area contributed by atoms with E-state index in [9.17, 15) is 5.11 Å². The number of nitrogens with zero attached hydrogens (tertiary/aromatic N) is 1. The zero-order valence-electron chi connectivity index (χ0n) is 8.98. The monoisotopic (exact) mass is 199 g/mol. The summed E-state index contributed by atoms with van der Waals surface area (Å²) in [5.74, 6) is 0.468. The highest BCUT2D eigenvalue weighted by Crippen LogP contribution is 2.19. The quantitative estimate of drug-likeness (QED) is 0.716. The van der Waals surface area contributed by atoms with Crippen molar-refractivity contribution in [3.05, 3.63) is 0 Å². The van der Waals surface area contributed by atoms with E-state index in [2.05, 4.69) is 11.8 Å². The number of rotatable bonds is 2. The molecule has 0 bridgehead atoms.